The third kappa shape index (κ3) is 3.97. The van der Waals surface area contributed by atoms with Gasteiger partial charge in [-0.05, 0) is 50.3 Å². The molecule has 1 aliphatic rings. The summed E-state index contributed by atoms with van der Waals surface area (Å²) in [7, 11) is -3.94. The molecule has 0 saturated carbocycles. The normalized spacial score (nSPS) is 12.9. The fourth-order valence-corrected chi connectivity index (χ4v) is 5.54. The van der Waals surface area contributed by atoms with Crippen molar-refractivity contribution in [2.24, 2.45) is 10.1 Å². The molecule has 0 aliphatic heterocycles. The first-order valence-corrected chi connectivity index (χ1v) is 12.6. The number of para-hydroxylation sites is 1. The van der Waals surface area contributed by atoms with Gasteiger partial charge in [-0.2, -0.15) is 0 Å². The number of halogens is 1. The predicted molar refractivity (Wildman–Crippen MR) is 137 cm³/mol. The standard InChI is InChI=1S/C27H19BrN2O2S/c28-26(25-21-14-6-4-12-19(21)20-13-5-7-15-22(20)25)27(18-10-2-1-3-11-18)30-23-16-8-9-17-24(23)33(29,31)32/h1-17H,(H2,29,31,32). The lowest BCUT2D eigenvalue weighted by Gasteiger charge is -2.13. The molecule has 0 atom stereocenters. The maximum absolute atomic E-state index is 12.2. The summed E-state index contributed by atoms with van der Waals surface area (Å²) in [5, 5.41) is 5.48. The van der Waals surface area contributed by atoms with Crippen molar-refractivity contribution < 1.29 is 8.42 Å². The van der Waals surface area contributed by atoms with Crippen LogP contribution in [-0.2, 0) is 10.0 Å². The largest absolute Gasteiger partial charge is 0.246 e. The molecule has 4 aromatic carbocycles. The number of allylic oxidation sites excluding steroid dienone is 1. The summed E-state index contributed by atoms with van der Waals surface area (Å²) in [4.78, 5) is 4.82. The maximum Gasteiger partial charge on any atom is 0.240 e. The number of benzene rings is 4. The van der Waals surface area contributed by atoms with Gasteiger partial charge in [-0.15, -0.1) is 0 Å². The molecule has 0 fully saturated rings. The van der Waals surface area contributed by atoms with Gasteiger partial charge in [0.05, 0.1) is 15.9 Å². The van der Waals surface area contributed by atoms with E-state index in [1.165, 1.54) is 6.07 Å². The summed E-state index contributed by atoms with van der Waals surface area (Å²) in [6, 6.07) is 32.7. The van der Waals surface area contributed by atoms with Crippen molar-refractivity contribution in [1.82, 2.24) is 0 Å². The van der Waals surface area contributed by atoms with Gasteiger partial charge in [-0.1, -0.05) is 91.0 Å². The van der Waals surface area contributed by atoms with Crippen LogP contribution in [0, 0.1) is 0 Å². The van der Waals surface area contributed by atoms with Gasteiger partial charge in [-0.25, -0.2) is 18.5 Å². The average Bonchev–Trinajstić information content (AvgIpc) is 3.17. The number of hydrogen-bond acceptors (Lipinski definition) is 3. The summed E-state index contributed by atoms with van der Waals surface area (Å²) in [5.41, 5.74) is 7.25. The number of hydrogen-bond donors (Lipinski definition) is 1. The molecule has 0 heterocycles. The highest BCUT2D eigenvalue weighted by Crippen LogP contribution is 2.47. The molecule has 162 valence electrons. The molecule has 0 bridgehead atoms. The Bertz CT molecular complexity index is 1490. The zero-order valence-corrected chi connectivity index (χ0v) is 19.8. The molecule has 0 aromatic heterocycles. The molecular formula is C27H19BrN2O2S. The fourth-order valence-electron chi connectivity index (χ4n) is 4.12. The summed E-state index contributed by atoms with van der Waals surface area (Å²) in [5.74, 6) is 0. The minimum absolute atomic E-state index is 0.0176. The van der Waals surface area contributed by atoms with E-state index in [4.69, 9.17) is 10.1 Å². The van der Waals surface area contributed by atoms with E-state index >= 15 is 0 Å². The predicted octanol–water partition coefficient (Wildman–Crippen LogP) is 6.29. The summed E-state index contributed by atoms with van der Waals surface area (Å²) >= 11 is 3.85. The van der Waals surface area contributed by atoms with E-state index in [0.29, 0.717) is 5.71 Å². The number of sulfonamides is 1. The van der Waals surface area contributed by atoms with Crippen LogP contribution in [0.5, 0.6) is 0 Å². The van der Waals surface area contributed by atoms with Crippen molar-refractivity contribution in [3.8, 4) is 11.1 Å². The Morgan fingerprint density at radius 2 is 1.15 bits per heavy atom. The number of fused-ring (bicyclic) bond motifs is 3. The molecule has 33 heavy (non-hydrogen) atoms. The molecule has 2 N–H and O–H groups in total. The third-order valence-corrected chi connectivity index (χ3v) is 7.29. The Morgan fingerprint density at radius 1 is 0.667 bits per heavy atom. The van der Waals surface area contributed by atoms with Crippen molar-refractivity contribution in [2.45, 2.75) is 4.90 Å². The van der Waals surface area contributed by atoms with Gasteiger partial charge >= 0.3 is 0 Å². The van der Waals surface area contributed by atoms with Crippen LogP contribution in [0.4, 0.5) is 5.69 Å². The van der Waals surface area contributed by atoms with Crippen LogP contribution < -0.4 is 5.14 Å². The number of nitrogens with two attached hydrogens (primary N) is 1. The van der Waals surface area contributed by atoms with Crippen LogP contribution in [0.25, 0.3) is 16.7 Å². The molecule has 0 saturated heterocycles. The van der Waals surface area contributed by atoms with E-state index in [2.05, 4.69) is 40.2 Å². The minimum atomic E-state index is -3.94. The molecule has 1 aliphatic carbocycles. The Morgan fingerprint density at radius 3 is 1.73 bits per heavy atom. The second-order valence-electron chi connectivity index (χ2n) is 7.62. The van der Waals surface area contributed by atoms with Crippen molar-refractivity contribution >= 4 is 42.9 Å². The highest BCUT2D eigenvalue weighted by atomic mass is 79.9. The SMILES string of the molecule is NS(=O)(=O)c1ccccc1N=C(C(Br)=C1c2ccccc2-c2ccccc21)c1ccccc1. The average molecular weight is 515 g/mol. The smallest absolute Gasteiger partial charge is 0.240 e. The highest BCUT2D eigenvalue weighted by molar-refractivity contribution is 9.12. The van der Waals surface area contributed by atoms with Gasteiger partial charge < -0.3 is 0 Å². The van der Waals surface area contributed by atoms with Crippen molar-refractivity contribution in [3.63, 3.8) is 0 Å². The lowest BCUT2D eigenvalue weighted by atomic mass is 9.99. The van der Waals surface area contributed by atoms with E-state index in [1.54, 1.807) is 18.2 Å². The number of primary sulfonamides is 1. The Hall–Kier alpha value is -3.32. The Labute approximate surface area is 201 Å². The van der Waals surface area contributed by atoms with Gasteiger partial charge in [0.2, 0.25) is 10.0 Å². The molecule has 0 unspecified atom stereocenters. The molecule has 5 rings (SSSR count). The van der Waals surface area contributed by atoms with E-state index in [-0.39, 0.29) is 10.6 Å². The quantitative estimate of drug-likeness (QED) is 0.286. The molecule has 4 aromatic rings. The first-order valence-electron chi connectivity index (χ1n) is 10.3. The highest BCUT2D eigenvalue weighted by Gasteiger charge is 2.27. The van der Waals surface area contributed by atoms with Crippen LogP contribution in [0.2, 0.25) is 0 Å². The van der Waals surface area contributed by atoms with Crippen LogP contribution in [0.3, 0.4) is 0 Å². The topological polar surface area (TPSA) is 72.5 Å². The van der Waals surface area contributed by atoms with Gasteiger partial charge in [0.1, 0.15) is 4.90 Å². The van der Waals surface area contributed by atoms with E-state index in [0.717, 1.165) is 37.9 Å². The molecule has 4 nitrogen and oxygen atoms in total. The second-order valence-corrected chi connectivity index (χ2v) is 9.94. The third-order valence-electron chi connectivity index (χ3n) is 5.56. The molecule has 0 amide bonds. The fraction of sp³-hybridized carbons (Fsp3) is 0. The van der Waals surface area contributed by atoms with Crippen LogP contribution in [-0.4, -0.2) is 14.1 Å². The molecular weight excluding hydrogens is 496 g/mol. The monoisotopic (exact) mass is 514 g/mol. The lowest BCUT2D eigenvalue weighted by Crippen LogP contribution is -2.12. The number of nitrogens with zero attached hydrogens (tertiary/aromatic N) is 1. The zero-order valence-electron chi connectivity index (χ0n) is 17.4. The van der Waals surface area contributed by atoms with E-state index in [1.807, 2.05) is 54.6 Å². The van der Waals surface area contributed by atoms with Crippen LogP contribution in [0.15, 0.2) is 117 Å². The van der Waals surface area contributed by atoms with E-state index < -0.39 is 10.0 Å². The summed E-state index contributed by atoms with van der Waals surface area (Å²) in [6.45, 7) is 0. The van der Waals surface area contributed by atoms with E-state index in [9.17, 15) is 8.42 Å². The van der Waals surface area contributed by atoms with Crippen molar-refractivity contribution in [1.29, 1.82) is 0 Å². The Balaban J connectivity index is 1.83. The molecule has 0 spiro atoms. The van der Waals surface area contributed by atoms with Gasteiger partial charge in [-0.3, -0.25) is 0 Å². The van der Waals surface area contributed by atoms with Gasteiger partial charge in [0.25, 0.3) is 0 Å². The second kappa shape index (κ2) is 8.56. The zero-order chi connectivity index (χ0) is 23.0. The first-order chi connectivity index (χ1) is 15.9. The van der Waals surface area contributed by atoms with Crippen molar-refractivity contribution in [2.75, 3.05) is 0 Å². The Kier molecular flexibility index (Phi) is 5.58. The minimum Gasteiger partial charge on any atom is -0.246 e. The maximum atomic E-state index is 12.2. The number of aliphatic imine (C=N–C) groups is 1. The van der Waals surface area contributed by atoms with Gasteiger partial charge in [0.15, 0.2) is 0 Å². The molecule has 6 heteroatoms. The lowest BCUT2D eigenvalue weighted by molar-refractivity contribution is 0.598. The number of rotatable bonds is 4. The van der Waals surface area contributed by atoms with Gasteiger partial charge in [0, 0.05) is 11.1 Å². The summed E-state index contributed by atoms with van der Waals surface area (Å²) < 4.78 is 25.2. The van der Waals surface area contributed by atoms with Crippen LogP contribution in [0.1, 0.15) is 16.7 Å². The van der Waals surface area contributed by atoms with Crippen LogP contribution >= 0.6 is 15.9 Å². The summed E-state index contributed by atoms with van der Waals surface area (Å²) in [6.07, 6.45) is 0. The molecule has 0 radical (unpaired) electrons. The van der Waals surface area contributed by atoms with Crippen molar-refractivity contribution in [3.05, 3.63) is 124 Å². The first kappa shape index (κ1) is 21.5.